The number of hydrogen-bond acceptors (Lipinski definition) is 2. The highest BCUT2D eigenvalue weighted by molar-refractivity contribution is 5.71. The smallest absolute Gasteiger partial charge is 0.306 e. The van der Waals surface area contributed by atoms with E-state index in [0.717, 1.165) is 6.42 Å². The van der Waals surface area contributed by atoms with Crippen LogP contribution in [0.25, 0.3) is 0 Å². The molecule has 21 heavy (non-hydrogen) atoms. The summed E-state index contributed by atoms with van der Waals surface area (Å²) in [4.78, 5) is 11.8. The molecule has 0 saturated heterocycles. The van der Waals surface area contributed by atoms with Gasteiger partial charge in [0, 0.05) is 5.92 Å². The van der Waals surface area contributed by atoms with E-state index in [1.807, 2.05) is 13.0 Å². The van der Waals surface area contributed by atoms with Crippen molar-refractivity contribution in [3.8, 4) is 0 Å². The second-order valence-corrected chi connectivity index (χ2v) is 5.53. The van der Waals surface area contributed by atoms with E-state index in [4.69, 9.17) is 4.74 Å². The van der Waals surface area contributed by atoms with Gasteiger partial charge in [0.05, 0.1) is 13.0 Å². The van der Waals surface area contributed by atoms with E-state index in [1.165, 1.54) is 16.7 Å². The highest BCUT2D eigenvalue weighted by atomic mass is 16.5. The zero-order chi connectivity index (χ0) is 14.7. The molecule has 0 unspecified atom stereocenters. The highest BCUT2D eigenvalue weighted by Gasteiger charge is 2.32. The Morgan fingerprint density at radius 2 is 1.71 bits per heavy atom. The lowest BCUT2D eigenvalue weighted by Gasteiger charge is -2.12. The van der Waals surface area contributed by atoms with Gasteiger partial charge < -0.3 is 4.74 Å². The van der Waals surface area contributed by atoms with Gasteiger partial charge in [0.15, 0.2) is 0 Å². The van der Waals surface area contributed by atoms with Crippen LogP contribution in [0.15, 0.2) is 54.6 Å². The van der Waals surface area contributed by atoms with Crippen molar-refractivity contribution in [1.29, 1.82) is 0 Å². The van der Waals surface area contributed by atoms with Gasteiger partial charge in [-0.15, -0.1) is 0 Å². The predicted molar refractivity (Wildman–Crippen MR) is 83.3 cm³/mol. The molecule has 0 bridgehead atoms. The Kier molecular flexibility index (Phi) is 4.05. The maximum Gasteiger partial charge on any atom is 0.306 e. The van der Waals surface area contributed by atoms with E-state index in [-0.39, 0.29) is 11.9 Å². The number of benzene rings is 2. The van der Waals surface area contributed by atoms with Crippen LogP contribution in [0.2, 0.25) is 0 Å². The van der Waals surface area contributed by atoms with Gasteiger partial charge >= 0.3 is 5.97 Å². The van der Waals surface area contributed by atoms with Crippen LogP contribution in [0.4, 0.5) is 0 Å². The third kappa shape index (κ3) is 2.85. The molecule has 2 atom stereocenters. The highest BCUT2D eigenvalue weighted by Crippen LogP contribution is 2.46. The molecule has 2 nitrogen and oxygen atoms in total. The van der Waals surface area contributed by atoms with Crippen molar-refractivity contribution in [2.24, 2.45) is 0 Å². The average molecular weight is 280 g/mol. The van der Waals surface area contributed by atoms with E-state index < -0.39 is 0 Å². The quantitative estimate of drug-likeness (QED) is 0.782. The van der Waals surface area contributed by atoms with E-state index in [0.29, 0.717) is 18.9 Å². The molecule has 1 aliphatic rings. The van der Waals surface area contributed by atoms with Crippen LogP contribution >= 0.6 is 0 Å². The molecular formula is C19H20O2. The standard InChI is InChI=1S/C19H20O2/c1-2-21-19(20)13-15-12-18(14-8-4-3-5-9-14)17-11-7-6-10-16(15)17/h3-11,15,18H,2,12-13H2,1H3/t15-,18+/m1/s1. The van der Waals surface area contributed by atoms with Crippen molar-refractivity contribution >= 4 is 5.97 Å². The summed E-state index contributed by atoms with van der Waals surface area (Å²) < 4.78 is 5.12. The van der Waals surface area contributed by atoms with Crippen molar-refractivity contribution in [2.75, 3.05) is 6.61 Å². The topological polar surface area (TPSA) is 26.3 Å². The average Bonchev–Trinajstić information content (AvgIpc) is 2.87. The molecular weight excluding hydrogens is 260 g/mol. The van der Waals surface area contributed by atoms with Crippen LogP contribution < -0.4 is 0 Å². The SMILES string of the molecule is CCOC(=O)C[C@H]1C[C@@H](c2ccccc2)c2ccccc21. The lowest BCUT2D eigenvalue weighted by atomic mass is 9.92. The van der Waals surface area contributed by atoms with Crippen molar-refractivity contribution in [3.63, 3.8) is 0 Å². The Labute approximate surface area is 125 Å². The minimum Gasteiger partial charge on any atom is -0.466 e. The van der Waals surface area contributed by atoms with Crippen LogP contribution in [-0.4, -0.2) is 12.6 Å². The fourth-order valence-electron chi connectivity index (χ4n) is 3.35. The third-order valence-corrected chi connectivity index (χ3v) is 4.25. The Balaban J connectivity index is 1.88. The molecule has 0 fully saturated rings. The Bertz CT molecular complexity index is 618. The summed E-state index contributed by atoms with van der Waals surface area (Å²) in [5.74, 6) is 0.568. The lowest BCUT2D eigenvalue weighted by Crippen LogP contribution is -2.08. The minimum atomic E-state index is -0.0917. The maximum absolute atomic E-state index is 11.8. The number of esters is 1. The summed E-state index contributed by atoms with van der Waals surface area (Å²) >= 11 is 0. The van der Waals surface area contributed by atoms with Gasteiger partial charge in [-0.1, -0.05) is 54.6 Å². The number of carbonyl (C=O) groups is 1. The van der Waals surface area contributed by atoms with Crippen LogP contribution in [0.5, 0.6) is 0 Å². The number of rotatable bonds is 4. The first kappa shape index (κ1) is 13.9. The first-order valence-electron chi connectivity index (χ1n) is 7.59. The predicted octanol–water partition coefficient (Wildman–Crippen LogP) is 4.26. The van der Waals surface area contributed by atoms with Gasteiger partial charge in [-0.25, -0.2) is 0 Å². The van der Waals surface area contributed by atoms with Gasteiger partial charge in [0.25, 0.3) is 0 Å². The minimum absolute atomic E-state index is 0.0917. The lowest BCUT2D eigenvalue weighted by molar-refractivity contribution is -0.143. The van der Waals surface area contributed by atoms with Crippen molar-refractivity contribution in [3.05, 3.63) is 71.3 Å². The fourth-order valence-corrected chi connectivity index (χ4v) is 3.35. The first-order valence-corrected chi connectivity index (χ1v) is 7.59. The molecule has 0 saturated carbocycles. The molecule has 0 heterocycles. The summed E-state index contributed by atoms with van der Waals surface area (Å²) in [7, 11) is 0. The zero-order valence-corrected chi connectivity index (χ0v) is 12.3. The Morgan fingerprint density at radius 3 is 2.43 bits per heavy atom. The Hall–Kier alpha value is -2.09. The number of ether oxygens (including phenoxy) is 1. The molecule has 0 amide bonds. The second-order valence-electron chi connectivity index (χ2n) is 5.53. The molecule has 0 spiro atoms. The molecule has 2 aromatic rings. The van der Waals surface area contributed by atoms with Crippen LogP contribution in [-0.2, 0) is 9.53 Å². The fraction of sp³-hybridized carbons (Fsp3) is 0.316. The van der Waals surface area contributed by atoms with Gasteiger partial charge in [-0.05, 0) is 36.0 Å². The summed E-state index contributed by atoms with van der Waals surface area (Å²) in [5.41, 5.74) is 3.99. The molecule has 2 aromatic carbocycles. The summed E-state index contributed by atoms with van der Waals surface area (Å²) in [6, 6.07) is 19.0. The van der Waals surface area contributed by atoms with Crippen LogP contribution in [0, 0.1) is 0 Å². The molecule has 3 rings (SSSR count). The number of hydrogen-bond donors (Lipinski definition) is 0. The third-order valence-electron chi connectivity index (χ3n) is 4.25. The van der Waals surface area contributed by atoms with Crippen molar-refractivity contribution < 1.29 is 9.53 Å². The van der Waals surface area contributed by atoms with Crippen LogP contribution in [0.1, 0.15) is 48.3 Å². The molecule has 2 heteroatoms. The molecule has 108 valence electrons. The maximum atomic E-state index is 11.8. The normalized spacial score (nSPS) is 20.0. The van der Waals surface area contributed by atoms with Gasteiger partial charge in [-0.3, -0.25) is 4.79 Å². The molecule has 0 aliphatic heterocycles. The van der Waals surface area contributed by atoms with Crippen LogP contribution in [0.3, 0.4) is 0 Å². The largest absolute Gasteiger partial charge is 0.466 e. The summed E-state index contributed by atoms with van der Waals surface area (Å²) in [5, 5.41) is 0. The first-order chi connectivity index (χ1) is 10.3. The zero-order valence-electron chi connectivity index (χ0n) is 12.3. The molecule has 0 aromatic heterocycles. The molecule has 1 aliphatic carbocycles. The summed E-state index contributed by atoms with van der Waals surface area (Å²) in [6.45, 7) is 2.31. The second kappa shape index (κ2) is 6.13. The Morgan fingerprint density at radius 1 is 1.05 bits per heavy atom. The van der Waals surface area contributed by atoms with E-state index in [2.05, 4.69) is 48.5 Å². The van der Waals surface area contributed by atoms with Crippen molar-refractivity contribution in [2.45, 2.75) is 31.6 Å². The van der Waals surface area contributed by atoms with E-state index in [9.17, 15) is 4.79 Å². The molecule has 0 N–H and O–H groups in total. The summed E-state index contributed by atoms with van der Waals surface area (Å²) in [6.07, 6.45) is 1.47. The number of fused-ring (bicyclic) bond motifs is 1. The van der Waals surface area contributed by atoms with Gasteiger partial charge in [0.1, 0.15) is 0 Å². The number of carbonyl (C=O) groups excluding carboxylic acids is 1. The monoisotopic (exact) mass is 280 g/mol. The van der Waals surface area contributed by atoms with Gasteiger partial charge in [0.2, 0.25) is 0 Å². The van der Waals surface area contributed by atoms with E-state index in [1.54, 1.807) is 0 Å². The molecule has 0 radical (unpaired) electrons. The van der Waals surface area contributed by atoms with Gasteiger partial charge in [-0.2, -0.15) is 0 Å². The van der Waals surface area contributed by atoms with E-state index >= 15 is 0 Å². The van der Waals surface area contributed by atoms with Crippen molar-refractivity contribution in [1.82, 2.24) is 0 Å².